The van der Waals surface area contributed by atoms with Gasteiger partial charge in [0.05, 0.1) is 0 Å². The molecule has 0 amide bonds. The predicted molar refractivity (Wildman–Crippen MR) is 62.0 cm³/mol. The number of aryl methyl sites for hydroxylation is 1. The van der Waals surface area contributed by atoms with Crippen molar-refractivity contribution in [1.29, 1.82) is 0 Å². The van der Waals surface area contributed by atoms with Crippen molar-refractivity contribution in [2.24, 2.45) is 7.05 Å². The van der Waals surface area contributed by atoms with Gasteiger partial charge in [-0.05, 0) is 48.8 Å². The average Bonchev–Trinajstić information content (AvgIpc) is 2.45. The first-order valence-corrected chi connectivity index (χ1v) is 5.98. The number of hydrogen-bond acceptors (Lipinski definition) is 3. The van der Waals surface area contributed by atoms with E-state index in [2.05, 4.69) is 33.3 Å². The van der Waals surface area contributed by atoms with E-state index in [1.807, 2.05) is 13.1 Å². The maximum absolute atomic E-state index is 6.02. The zero-order valence-electron chi connectivity index (χ0n) is 9.09. The molecule has 2 heterocycles. The molecule has 4 nitrogen and oxygen atoms in total. The first-order valence-electron chi connectivity index (χ1n) is 5.18. The number of piperidine rings is 1. The molecular formula is C10H16BrN3O. The van der Waals surface area contributed by atoms with Gasteiger partial charge in [-0.2, -0.15) is 5.10 Å². The Morgan fingerprint density at radius 3 is 2.73 bits per heavy atom. The number of ether oxygens (including phenoxy) is 1. The molecule has 0 aliphatic carbocycles. The number of halogens is 1. The third-order valence-corrected chi connectivity index (χ3v) is 3.21. The molecule has 2 rings (SSSR count). The van der Waals surface area contributed by atoms with E-state index in [0.717, 1.165) is 36.4 Å². The molecule has 5 heteroatoms. The summed E-state index contributed by atoms with van der Waals surface area (Å²) in [5.74, 6) is 0.825. The van der Waals surface area contributed by atoms with Crippen LogP contribution in [0.3, 0.4) is 0 Å². The molecule has 1 fully saturated rings. The molecule has 1 N–H and O–H groups in total. The molecule has 1 saturated heterocycles. The SMILES string of the molecule is Cn1nc(Br)cc1OC1(C)CCNCC1. The van der Waals surface area contributed by atoms with Gasteiger partial charge in [0.25, 0.3) is 0 Å². The third kappa shape index (κ3) is 2.52. The zero-order chi connectivity index (χ0) is 10.9. The van der Waals surface area contributed by atoms with Gasteiger partial charge in [0.2, 0.25) is 5.88 Å². The van der Waals surface area contributed by atoms with Crippen molar-refractivity contribution in [2.45, 2.75) is 25.4 Å². The Morgan fingerprint density at radius 1 is 1.53 bits per heavy atom. The van der Waals surface area contributed by atoms with Crippen LogP contribution in [0.4, 0.5) is 0 Å². The molecule has 1 aliphatic heterocycles. The Hall–Kier alpha value is -0.550. The molecule has 0 saturated carbocycles. The number of nitrogens with zero attached hydrogens (tertiary/aromatic N) is 2. The fourth-order valence-electron chi connectivity index (χ4n) is 1.82. The Balaban J connectivity index is 2.09. The molecule has 1 aromatic heterocycles. The smallest absolute Gasteiger partial charge is 0.213 e. The van der Waals surface area contributed by atoms with Crippen molar-refractivity contribution in [3.63, 3.8) is 0 Å². The van der Waals surface area contributed by atoms with E-state index >= 15 is 0 Å². The molecule has 84 valence electrons. The van der Waals surface area contributed by atoms with Crippen LogP contribution in [0, 0.1) is 0 Å². The summed E-state index contributed by atoms with van der Waals surface area (Å²) < 4.78 is 8.60. The first kappa shape index (κ1) is 11.0. The van der Waals surface area contributed by atoms with E-state index in [9.17, 15) is 0 Å². The topological polar surface area (TPSA) is 39.1 Å². The molecule has 0 atom stereocenters. The number of nitrogens with one attached hydrogen (secondary N) is 1. The van der Waals surface area contributed by atoms with Gasteiger partial charge >= 0.3 is 0 Å². The minimum Gasteiger partial charge on any atom is -0.471 e. The van der Waals surface area contributed by atoms with Gasteiger partial charge in [-0.1, -0.05) is 0 Å². The fourth-order valence-corrected chi connectivity index (χ4v) is 2.26. The van der Waals surface area contributed by atoms with Crippen LogP contribution in [0.15, 0.2) is 10.7 Å². The summed E-state index contributed by atoms with van der Waals surface area (Å²) in [6.45, 7) is 4.21. The summed E-state index contributed by atoms with van der Waals surface area (Å²) in [4.78, 5) is 0. The second-order valence-corrected chi connectivity index (χ2v) is 5.04. The van der Waals surface area contributed by atoms with Crippen LogP contribution in [-0.2, 0) is 7.05 Å². The molecule has 0 radical (unpaired) electrons. The summed E-state index contributed by atoms with van der Waals surface area (Å²) in [6.07, 6.45) is 2.07. The van der Waals surface area contributed by atoms with E-state index in [4.69, 9.17) is 4.74 Å². The Kier molecular flexibility index (Phi) is 3.02. The van der Waals surface area contributed by atoms with E-state index < -0.39 is 0 Å². The summed E-state index contributed by atoms with van der Waals surface area (Å²) in [5, 5.41) is 7.53. The minimum absolute atomic E-state index is 0.0571. The highest BCUT2D eigenvalue weighted by Crippen LogP contribution is 2.27. The molecule has 0 unspecified atom stereocenters. The van der Waals surface area contributed by atoms with Crippen molar-refractivity contribution >= 4 is 15.9 Å². The van der Waals surface area contributed by atoms with Gasteiger partial charge in [0, 0.05) is 13.1 Å². The molecule has 15 heavy (non-hydrogen) atoms. The summed E-state index contributed by atoms with van der Waals surface area (Å²) in [6, 6.07) is 1.91. The molecule has 1 aromatic rings. The van der Waals surface area contributed by atoms with Gasteiger partial charge in [-0.15, -0.1) is 0 Å². The summed E-state index contributed by atoms with van der Waals surface area (Å²) in [5.41, 5.74) is -0.0571. The van der Waals surface area contributed by atoms with Gasteiger partial charge in [-0.25, -0.2) is 4.68 Å². The van der Waals surface area contributed by atoms with Crippen LogP contribution in [0.25, 0.3) is 0 Å². The van der Waals surface area contributed by atoms with Crippen LogP contribution in [-0.4, -0.2) is 28.5 Å². The normalized spacial score (nSPS) is 20.2. The molecule has 0 bridgehead atoms. The maximum atomic E-state index is 6.02. The minimum atomic E-state index is -0.0571. The van der Waals surface area contributed by atoms with Crippen LogP contribution in [0.5, 0.6) is 5.88 Å². The fraction of sp³-hybridized carbons (Fsp3) is 0.700. The van der Waals surface area contributed by atoms with Crippen molar-refractivity contribution in [1.82, 2.24) is 15.1 Å². The predicted octanol–water partition coefficient (Wildman–Crippen LogP) is 1.70. The third-order valence-electron chi connectivity index (χ3n) is 2.82. The molecule has 1 aliphatic rings. The molecular weight excluding hydrogens is 258 g/mol. The standard InChI is InChI=1S/C10H16BrN3O/c1-10(3-5-12-6-4-10)15-9-7-8(11)13-14(9)2/h7,12H,3-6H2,1-2H3. The number of hydrogen-bond donors (Lipinski definition) is 1. The Bertz CT molecular complexity index is 344. The zero-order valence-corrected chi connectivity index (χ0v) is 10.7. The Labute approximate surface area is 98.1 Å². The molecule has 0 aromatic carbocycles. The van der Waals surface area contributed by atoms with Crippen LogP contribution < -0.4 is 10.1 Å². The quantitative estimate of drug-likeness (QED) is 0.892. The Morgan fingerprint density at radius 2 is 2.20 bits per heavy atom. The second-order valence-electron chi connectivity index (χ2n) is 4.23. The van der Waals surface area contributed by atoms with Gasteiger partial charge < -0.3 is 10.1 Å². The van der Waals surface area contributed by atoms with Crippen molar-refractivity contribution in [3.05, 3.63) is 10.7 Å². The average molecular weight is 274 g/mol. The largest absolute Gasteiger partial charge is 0.471 e. The number of aromatic nitrogens is 2. The van der Waals surface area contributed by atoms with Gasteiger partial charge in [-0.3, -0.25) is 0 Å². The molecule has 0 spiro atoms. The van der Waals surface area contributed by atoms with Gasteiger partial charge in [0.15, 0.2) is 0 Å². The van der Waals surface area contributed by atoms with E-state index in [0.29, 0.717) is 0 Å². The highest BCUT2D eigenvalue weighted by Gasteiger charge is 2.29. The number of rotatable bonds is 2. The highest BCUT2D eigenvalue weighted by atomic mass is 79.9. The van der Waals surface area contributed by atoms with Crippen LogP contribution >= 0.6 is 15.9 Å². The van der Waals surface area contributed by atoms with E-state index in [-0.39, 0.29) is 5.60 Å². The maximum Gasteiger partial charge on any atom is 0.213 e. The van der Waals surface area contributed by atoms with E-state index in [1.54, 1.807) is 4.68 Å². The van der Waals surface area contributed by atoms with Gasteiger partial charge in [0.1, 0.15) is 10.2 Å². The first-order chi connectivity index (χ1) is 7.09. The lowest BCUT2D eigenvalue weighted by Gasteiger charge is -2.34. The van der Waals surface area contributed by atoms with Crippen molar-refractivity contribution in [2.75, 3.05) is 13.1 Å². The lowest BCUT2D eigenvalue weighted by molar-refractivity contribution is 0.0465. The van der Waals surface area contributed by atoms with Crippen LogP contribution in [0.1, 0.15) is 19.8 Å². The highest BCUT2D eigenvalue weighted by molar-refractivity contribution is 9.10. The lowest BCUT2D eigenvalue weighted by Crippen LogP contribution is -2.44. The van der Waals surface area contributed by atoms with Crippen LogP contribution in [0.2, 0.25) is 0 Å². The van der Waals surface area contributed by atoms with E-state index in [1.165, 1.54) is 0 Å². The lowest BCUT2D eigenvalue weighted by atomic mass is 9.95. The monoisotopic (exact) mass is 273 g/mol. The van der Waals surface area contributed by atoms with Crippen molar-refractivity contribution in [3.8, 4) is 5.88 Å². The van der Waals surface area contributed by atoms with Crippen molar-refractivity contribution < 1.29 is 4.74 Å². The second kappa shape index (κ2) is 4.14. The summed E-state index contributed by atoms with van der Waals surface area (Å²) in [7, 11) is 1.89. The summed E-state index contributed by atoms with van der Waals surface area (Å²) >= 11 is 3.34.